The van der Waals surface area contributed by atoms with Crippen LogP contribution in [0.25, 0.3) is 0 Å². The number of hydrogen-bond acceptors (Lipinski definition) is 4. The van der Waals surface area contributed by atoms with Crippen molar-refractivity contribution in [3.05, 3.63) is 45.8 Å². The first-order chi connectivity index (χ1) is 13.7. The summed E-state index contributed by atoms with van der Waals surface area (Å²) < 4.78 is 5.44. The molecule has 160 valence electrons. The topological polar surface area (TPSA) is 82.7 Å². The fraction of sp³-hybridized carbons (Fsp3) is 0.545. The molecule has 2 aromatic rings. The molecule has 0 saturated carbocycles. The third-order valence-corrected chi connectivity index (χ3v) is 5.41. The van der Waals surface area contributed by atoms with E-state index in [9.17, 15) is 5.11 Å². The fourth-order valence-corrected chi connectivity index (χ4v) is 3.88. The normalized spacial score (nSPS) is 13.6. The Morgan fingerprint density at radius 2 is 1.90 bits per heavy atom. The van der Waals surface area contributed by atoms with E-state index in [1.807, 2.05) is 13.0 Å². The molecule has 0 aliphatic heterocycles. The number of halogens is 1. The molecule has 1 aliphatic carbocycles. The first-order valence-corrected chi connectivity index (χ1v) is 10.5. The molecule has 3 N–H and O–H groups in total. The number of aromatic nitrogens is 1. The zero-order valence-electron chi connectivity index (χ0n) is 17.7. The highest BCUT2D eigenvalue weighted by Gasteiger charge is 2.17. The Balaban J connectivity index is 0.00000300. The summed E-state index contributed by atoms with van der Waals surface area (Å²) in [6.45, 7) is 8.06. The molecule has 1 aromatic heterocycles. The van der Waals surface area contributed by atoms with Crippen molar-refractivity contribution in [2.24, 2.45) is 4.99 Å². The van der Waals surface area contributed by atoms with Gasteiger partial charge in [-0.2, -0.15) is 0 Å². The highest BCUT2D eigenvalue weighted by Crippen LogP contribution is 2.30. The average molecular weight is 512 g/mol. The van der Waals surface area contributed by atoms with Crippen LogP contribution in [0.3, 0.4) is 0 Å². The van der Waals surface area contributed by atoms with Crippen molar-refractivity contribution in [1.82, 2.24) is 15.8 Å². The molecule has 0 spiro atoms. The summed E-state index contributed by atoms with van der Waals surface area (Å²) in [5.74, 6) is 2.01. The summed E-state index contributed by atoms with van der Waals surface area (Å²) in [5, 5.41) is 21.3. The third-order valence-electron chi connectivity index (χ3n) is 5.41. The lowest BCUT2D eigenvalue weighted by molar-refractivity contribution is 0.380. The minimum absolute atomic E-state index is 0. The number of aromatic hydroxyl groups is 1. The maximum Gasteiger partial charge on any atom is 0.191 e. The Hall–Kier alpha value is -1.77. The summed E-state index contributed by atoms with van der Waals surface area (Å²) in [5.41, 5.74) is 5.73. The van der Waals surface area contributed by atoms with Gasteiger partial charge in [-0.25, -0.2) is 4.99 Å². The molecule has 3 rings (SSSR count). The summed E-state index contributed by atoms with van der Waals surface area (Å²) in [4.78, 5) is 4.74. The lowest BCUT2D eigenvalue weighted by atomic mass is 9.88. The number of aliphatic imine (C=N–C) groups is 1. The Morgan fingerprint density at radius 3 is 2.62 bits per heavy atom. The van der Waals surface area contributed by atoms with Crippen LogP contribution in [0.2, 0.25) is 0 Å². The molecule has 7 heteroatoms. The van der Waals surface area contributed by atoms with Gasteiger partial charge in [0.25, 0.3) is 0 Å². The van der Waals surface area contributed by atoms with Crippen molar-refractivity contribution >= 4 is 29.9 Å². The Kier molecular flexibility index (Phi) is 9.26. The molecule has 0 radical (unpaired) electrons. The molecule has 1 aromatic carbocycles. The lowest BCUT2D eigenvalue weighted by Crippen LogP contribution is -2.37. The molecule has 1 heterocycles. The van der Waals surface area contributed by atoms with Crippen LogP contribution in [0, 0.1) is 0 Å². The number of guanidine groups is 1. The first-order valence-electron chi connectivity index (χ1n) is 10.5. The van der Waals surface area contributed by atoms with Gasteiger partial charge >= 0.3 is 0 Å². The summed E-state index contributed by atoms with van der Waals surface area (Å²) >= 11 is 0. The van der Waals surface area contributed by atoms with Gasteiger partial charge in [0.15, 0.2) is 5.96 Å². The van der Waals surface area contributed by atoms with Crippen LogP contribution in [0.5, 0.6) is 5.75 Å². The van der Waals surface area contributed by atoms with Gasteiger partial charge < -0.3 is 20.3 Å². The van der Waals surface area contributed by atoms with E-state index >= 15 is 0 Å². The summed E-state index contributed by atoms with van der Waals surface area (Å²) in [6, 6.07) is 3.89. The van der Waals surface area contributed by atoms with Crippen LogP contribution in [-0.4, -0.2) is 22.8 Å². The van der Waals surface area contributed by atoms with E-state index in [0.29, 0.717) is 18.8 Å². The number of nitrogens with zero attached hydrogens (tertiary/aromatic N) is 2. The standard InChI is InChI=1S/C22H32N4O2.HI/c1-4-19-18(21(5-2)28-26-19)14-25-22(23-6-3)24-13-17-16-10-8-7-9-15(16)11-12-20(17)27;/h11-12,27H,4-10,13-14H2,1-3H3,(H2,23,24,25);1H. The number of rotatable bonds is 7. The minimum Gasteiger partial charge on any atom is -0.508 e. The Labute approximate surface area is 190 Å². The molecule has 1 aliphatic rings. The van der Waals surface area contributed by atoms with E-state index in [1.165, 1.54) is 24.0 Å². The third kappa shape index (κ3) is 5.65. The highest BCUT2D eigenvalue weighted by molar-refractivity contribution is 14.0. The van der Waals surface area contributed by atoms with Crippen molar-refractivity contribution in [2.45, 2.75) is 72.4 Å². The molecule has 0 amide bonds. The molecule has 0 bridgehead atoms. The summed E-state index contributed by atoms with van der Waals surface area (Å²) in [6.07, 6.45) is 6.20. The molecule has 0 fully saturated rings. The van der Waals surface area contributed by atoms with Crippen molar-refractivity contribution in [3.63, 3.8) is 0 Å². The van der Waals surface area contributed by atoms with E-state index < -0.39 is 0 Å². The van der Waals surface area contributed by atoms with Gasteiger partial charge in [-0.15, -0.1) is 24.0 Å². The van der Waals surface area contributed by atoms with Crippen LogP contribution in [0.15, 0.2) is 21.6 Å². The molecule has 0 atom stereocenters. The Bertz CT molecular complexity index is 811. The number of benzene rings is 1. The van der Waals surface area contributed by atoms with E-state index in [2.05, 4.69) is 35.7 Å². The van der Waals surface area contributed by atoms with Crippen molar-refractivity contribution < 1.29 is 9.63 Å². The van der Waals surface area contributed by atoms with E-state index in [-0.39, 0.29) is 24.0 Å². The second-order valence-corrected chi connectivity index (χ2v) is 7.19. The molecular formula is C22H33IN4O2. The lowest BCUT2D eigenvalue weighted by Gasteiger charge is -2.21. The molecular weight excluding hydrogens is 479 g/mol. The van der Waals surface area contributed by atoms with Crippen molar-refractivity contribution in [3.8, 4) is 5.75 Å². The van der Waals surface area contributed by atoms with Gasteiger partial charge in [-0.1, -0.05) is 25.1 Å². The summed E-state index contributed by atoms with van der Waals surface area (Å²) in [7, 11) is 0. The van der Waals surface area contributed by atoms with Crippen molar-refractivity contribution in [1.29, 1.82) is 0 Å². The second-order valence-electron chi connectivity index (χ2n) is 7.19. The predicted octanol–water partition coefficient (Wildman–Crippen LogP) is 4.26. The van der Waals surface area contributed by atoms with Gasteiger partial charge in [0.2, 0.25) is 0 Å². The molecule has 0 saturated heterocycles. The van der Waals surface area contributed by atoms with Crippen molar-refractivity contribution in [2.75, 3.05) is 6.54 Å². The van der Waals surface area contributed by atoms with Gasteiger partial charge in [0.05, 0.1) is 12.2 Å². The number of phenols is 1. The van der Waals surface area contributed by atoms with Crippen LogP contribution in [0.1, 0.15) is 67.3 Å². The van der Waals surface area contributed by atoms with E-state index in [1.54, 1.807) is 0 Å². The second kappa shape index (κ2) is 11.4. The van der Waals surface area contributed by atoms with Gasteiger partial charge in [-0.3, -0.25) is 0 Å². The van der Waals surface area contributed by atoms with Gasteiger partial charge in [0, 0.05) is 30.6 Å². The number of fused-ring (bicyclic) bond motifs is 1. The maximum absolute atomic E-state index is 10.4. The van der Waals surface area contributed by atoms with Crippen LogP contribution >= 0.6 is 24.0 Å². The largest absolute Gasteiger partial charge is 0.508 e. The van der Waals surface area contributed by atoms with Gasteiger partial charge in [-0.05, 0) is 56.2 Å². The van der Waals surface area contributed by atoms with Gasteiger partial charge in [0.1, 0.15) is 11.5 Å². The zero-order chi connectivity index (χ0) is 19.9. The fourth-order valence-electron chi connectivity index (χ4n) is 3.88. The Morgan fingerprint density at radius 1 is 1.10 bits per heavy atom. The highest BCUT2D eigenvalue weighted by atomic mass is 127. The number of aryl methyl sites for hydroxylation is 3. The zero-order valence-corrected chi connectivity index (χ0v) is 20.0. The first kappa shape index (κ1) is 23.5. The average Bonchev–Trinajstić information content (AvgIpc) is 3.13. The smallest absolute Gasteiger partial charge is 0.191 e. The SMILES string of the molecule is CCNC(=NCc1c(CC)noc1CC)NCc1c(O)ccc2c1CCCC2.I. The number of phenolic OH excluding ortho intramolecular Hbond substituents is 1. The maximum atomic E-state index is 10.4. The molecule has 29 heavy (non-hydrogen) atoms. The number of nitrogens with one attached hydrogen (secondary N) is 2. The van der Waals surface area contributed by atoms with E-state index in [0.717, 1.165) is 60.8 Å². The quantitative estimate of drug-likeness (QED) is 0.294. The molecule has 6 nitrogen and oxygen atoms in total. The molecule has 0 unspecified atom stereocenters. The number of hydrogen-bond donors (Lipinski definition) is 3. The van der Waals surface area contributed by atoms with Crippen LogP contribution in [0.4, 0.5) is 0 Å². The van der Waals surface area contributed by atoms with Crippen LogP contribution in [-0.2, 0) is 38.8 Å². The predicted molar refractivity (Wildman–Crippen MR) is 127 cm³/mol. The minimum atomic E-state index is 0. The van der Waals surface area contributed by atoms with Crippen LogP contribution < -0.4 is 10.6 Å². The van der Waals surface area contributed by atoms with E-state index in [4.69, 9.17) is 9.52 Å². The monoisotopic (exact) mass is 512 g/mol.